The first-order valence-electron chi connectivity index (χ1n) is 3.37. The van der Waals surface area contributed by atoms with Gasteiger partial charge in [0.2, 0.25) is 5.12 Å². The van der Waals surface area contributed by atoms with Gasteiger partial charge in [-0.05, 0) is 18.7 Å². The van der Waals surface area contributed by atoms with Crippen molar-refractivity contribution in [3.63, 3.8) is 0 Å². The summed E-state index contributed by atoms with van der Waals surface area (Å²) in [5, 5.41) is -0.246. The van der Waals surface area contributed by atoms with Crippen LogP contribution < -0.4 is 11.5 Å². The lowest BCUT2D eigenvalue weighted by Gasteiger charge is -2.00. The first kappa shape index (κ1) is 10.2. The SMILES string of the molecule is C/C(N)=C1/SC(=O)C(N)=C1SC=O. The van der Waals surface area contributed by atoms with E-state index in [2.05, 4.69) is 0 Å². The van der Waals surface area contributed by atoms with Crippen LogP contribution in [0.2, 0.25) is 0 Å². The van der Waals surface area contributed by atoms with Gasteiger partial charge in [-0.1, -0.05) is 11.8 Å². The fourth-order valence-corrected chi connectivity index (χ4v) is 2.51. The summed E-state index contributed by atoms with van der Waals surface area (Å²) in [5.74, 6) is 0. The smallest absolute Gasteiger partial charge is 0.241 e. The average Bonchev–Trinajstić information content (AvgIpc) is 2.33. The molecule has 70 valence electrons. The van der Waals surface area contributed by atoms with Crippen molar-refractivity contribution < 1.29 is 9.59 Å². The Bertz CT molecular complexity index is 329. The van der Waals surface area contributed by atoms with Gasteiger partial charge in [0.25, 0.3) is 0 Å². The van der Waals surface area contributed by atoms with Gasteiger partial charge < -0.3 is 11.5 Å². The van der Waals surface area contributed by atoms with Crippen LogP contribution in [0.3, 0.4) is 0 Å². The van der Waals surface area contributed by atoms with E-state index >= 15 is 0 Å². The van der Waals surface area contributed by atoms with Crippen molar-refractivity contribution in [1.29, 1.82) is 0 Å². The maximum absolute atomic E-state index is 11.1. The molecule has 1 heterocycles. The fraction of sp³-hybridized carbons (Fsp3) is 0.143. The molecule has 0 fully saturated rings. The number of thioether (sulfide) groups is 2. The van der Waals surface area contributed by atoms with E-state index in [-0.39, 0.29) is 10.8 Å². The molecular weight excluding hydrogens is 208 g/mol. The summed E-state index contributed by atoms with van der Waals surface area (Å²) >= 11 is 1.85. The molecule has 0 amide bonds. The Labute approximate surface area is 83.8 Å². The number of rotatable bonds is 2. The third-order valence-electron chi connectivity index (χ3n) is 1.39. The van der Waals surface area contributed by atoms with Crippen LogP contribution in [0.15, 0.2) is 21.2 Å². The molecule has 0 radical (unpaired) electrons. The van der Waals surface area contributed by atoms with Gasteiger partial charge in [-0.25, -0.2) is 0 Å². The summed E-state index contributed by atoms with van der Waals surface area (Å²) in [6.45, 7) is 1.67. The van der Waals surface area contributed by atoms with Crippen molar-refractivity contribution in [2.75, 3.05) is 0 Å². The molecule has 0 aromatic rings. The second kappa shape index (κ2) is 3.89. The lowest BCUT2D eigenvalue weighted by Crippen LogP contribution is -2.03. The number of hydrogen-bond donors (Lipinski definition) is 2. The Morgan fingerprint density at radius 1 is 1.62 bits per heavy atom. The van der Waals surface area contributed by atoms with Crippen molar-refractivity contribution in [3.8, 4) is 0 Å². The third-order valence-corrected chi connectivity index (χ3v) is 3.41. The summed E-state index contributed by atoms with van der Waals surface area (Å²) in [7, 11) is 0. The summed E-state index contributed by atoms with van der Waals surface area (Å²) in [5.41, 5.74) is 12.3. The highest BCUT2D eigenvalue weighted by atomic mass is 32.2. The molecular formula is C7H8N2O2S2. The molecule has 0 saturated carbocycles. The summed E-state index contributed by atoms with van der Waals surface area (Å²) in [6, 6.07) is 0. The Morgan fingerprint density at radius 2 is 2.23 bits per heavy atom. The summed E-state index contributed by atoms with van der Waals surface area (Å²) in [6.07, 6.45) is 0. The van der Waals surface area contributed by atoms with Gasteiger partial charge in [-0.2, -0.15) is 0 Å². The lowest BCUT2D eigenvalue weighted by atomic mass is 10.3. The number of carbonyl (C=O) groups is 2. The topological polar surface area (TPSA) is 86.2 Å². The Kier molecular flexibility index (Phi) is 3.05. The molecule has 0 saturated heterocycles. The molecule has 1 aliphatic rings. The molecule has 0 unspecified atom stereocenters. The highest BCUT2D eigenvalue weighted by molar-refractivity contribution is 8.22. The van der Waals surface area contributed by atoms with Gasteiger partial charge in [0.1, 0.15) is 5.70 Å². The molecule has 1 rings (SSSR count). The Hall–Kier alpha value is -0.880. The summed E-state index contributed by atoms with van der Waals surface area (Å²) in [4.78, 5) is 22.5. The first-order valence-corrected chi connectivity index (χ1v) is 5.06. The molecule has 0 spiro atoms. The monoisotopic (exact) mass is 216 g/mol. The van der Waals surface area contributed by atoms with E-state index in [1.807, 2.05) is 0 Å². The molecule has 0 atom stereocenters. The van der Waals surface area contributed by atoms with Crippen LogP contribution in [0.25, 0.3) is 0 Å². The number of nitrogens with two attached hydrogens (primary N) is 2. The second-order valence-corrected chi connectivity index (χ2v) is 4.18. The predicted molar refractivity (Wildman–Crippen MR) is 55.0 cm³/mol. The molecule has 4 N–H and O–H groups in total. The van der Waals surface area contributed by atoms with E-state index < -0.39 is 0 Å². The van der Waals surface area contributed by atoms with Gasteiger partial charge in [0.15, 0.2) is 5.62 Å². The Balaban J connectivity index is 3.14. The number of hydrogen-bond acceptors (Lipinski definition) is 6. The van der Waals surface area contributed by atoms with Gasteiger partial charge in [-0.3, -0.25) is 9.59 Å². The first-order chi connectivity index (χ1) is 6.07. The van der Waals surface area contributed by atoms with Gasteiger partial charge >= 0.3 is 0 Å². The van der Waals surface area contributed by atoms with Crippen molar-refractivity contribution in [3.05, 3.63) is 21.2 Å². The predicted octanol–water partition coefficient (Wildman–Crippen LogP) is 0.544. The fourth-order valence-electron chi connectivity index (χ4n) is 0.834. The normalized spacial score (nSPS) is 20.8. The number of allylic oxidation sites excluding steroid dienone is 1. The van der Waals surface area contributed by atoms with Crippen LogP contribution in [-0.2, 0) is 9.59 Å². The van der Waals surface area contributed by atoms with Crippen LogP contribution in [-0.4, -0.2) is 10.7 Å². The van der Waals surface area contributed by atoms with Gasteiger partial charge in [-0.15, -0.1) is 0 Å². The zero-order valence-electron chi connectivity index (χ0n) is 6.87. The van der Waals surface area contributed by atoms with E-state index in [9.17, 15) is 9.59 Å². The number of carbonyl (C=O) groups excluding carboxylic acids is 2. The molecule has 0 aliphatic carbocycles. The standard InChI is InChI=1S/C7H8N2O2S2/c1-3(8)5-6(12-2-10)4(9)7(11)13-5/h2H,8-9H2,1H3/b5-3-. The molecule has 0 bridgehead atoms. The molecule has 6 heteroatoms. The van der Waals surface area contributed by atoms with Crippen LogP contribution in [0.4, 0.5) is 0 Å². The second-order valence-electron chi connectivity index (χ2n) is 2.36. The summed E-state index contributed by atoms with van der Waals surface area (Å²) < 4.78 is 0. The Morgan fingerprint density at radius 3 is 2.69 bits per heavy atom. The van der Waals surface area contributed by atoms with Crippen LogP contribution in [0.5, 0.6) is 0 Å². The average molecular weight is 216 g/mol. The zero-order valence-corrected chi connectivity index (χ0v) is 8.50. The van der Waals surface area contributed by atoms with Gasteiger partial charge in [0.05, 0.1) is 9.81 Å². The largest absolute Gasteiger partial charge is 0.401 e. The minimum absolute atomic E-state index is 0.113. The molecule has 1 aliphatic heterocycles. The quantitative estimate of drug-likeness (QED) is 0.655. The van der Waals surface area contributed by atoms with E-state index in [0.29, 0.717) is 21.1 Å². The maximum atomic E-state index is 11.1. The van der Waals surface area contributed by atoms with Crippen molar-refractivity contribution in [2.24, 2.45) is 11.5 Å². The van der Waals surface area contributed by atoms with Crippen LogP contribution in [0.1, 0.15) is 6.92 Å². The molecule has 13 heavy (non-hydrogen) atoms. The van der Waals surface area contributed by atoms with E-state index in [1.165, 1.54) is 0 Å². The van der Waals surface area contributed by atoms with Crippen molar-refractivity contribution in [2.45, 2.75) is 6.92 Å². The minimum atomic E-state index is -0.246. The third kappa shape index (κ3) is 1.89. The van der Waals surface area contributed by atoms with E-state index in [0.717, 1.165) is 23.5 Å². The van der Waals surface area contributed by atoms with Crippen molar-refractivity contribution >= 4 is 34.3 Å². The van der Waals surface area contributed by atoms with Crippen LogP contribution >= 0.6 is 23.5 Å². The minimum Gasteiger partial charge on any atom is -0.401 e. The van der Waals surface area contributed by atoms with Crippen LogP contribution in [0, 0.1) is 0 Å². The maximum Gasteiger partial charge on any atom is 0.241 e. The molecule has 0 aromatic heterocycles. The van der Waals surface area contributed by atoms with E-state index in [1.54, 1.807) is 6.92 Å². The van der Waals surface area contributed by atoms with Gasteiger partial charge in [0, 0.05) is 5.70 Å². The zero-order chi connectivity index (χ0) is 10.0. The lowest BCUT2D eigenvalue weighted by molar-refractivity contribution is -0.107. The van der Waals surface area contributed by atoms with Crippen molar-refractivity contribution in [1.82, 2.24) is 0 Å². The highest BCUT2D eigenvalue weighted by Crippen LogP contribution is 2.41. The van der Waals surface area contributed by atoms with E-state index in [4.69, 9.17) is 11.5 Å². The molecule has 4 nitrogen and oxygen atoms in total. The highest BCUT2D eigenvalue weighted by Gasteiger charge is 2.28. The molecule has 0 aromatic carbocycles.